The Morgan fingerprint density at radius 3 is 2.29 bits per heavy atom. The Bertz CT molecular complexity index is 1440. The van der Waals surface area contributed by atoms with Crippen LogP contribution in [-0.4, -0.2) is 24.3 Å². The number of halogens is 3. The van der Waals surface area contributed by atoms with Gasteiger partial charge in [-0.15, -0.1) is 0 Å². The maximum Gasteiger partial charge on any atom is 0.271 e. The molecule has 0 aromatic heterocycles. The van der Waals surface area contributed by atoms with E-state index >= 15 is 0 Å². The molecule has 0 unspecified atom stereocenters. The van der Waals surface area contributed by atoms with Crippen LogP contribution in [0.3, 0.4) is 0 Å². The van der Waals surface area contributed by atoms with E-state index in [1.807, 2.05) is 58.0 Å². The molecule has 0 bridgehead atoms. The summed E-state index contributed by atoms with van der Waals surface area (Å²) in [7, 11) is 0. The second kappa shape index (κ2) is 12.5. The van der Waals surface area contributed by atoms with Crippen molar-refractivity contribution in [3.05, 3.63) is 85.2 Å². The molecule has 38 heavy (non-hydrogen) atoms. The summed E-state index contributed by atoms with van der Waals surface area (Å²) in [5.74, 6) is 0.797. The number of nitrogens with zero attached hydrogens (tertiary/aromatic N) is 2. The van der Waals surface area contributed by atoms with Gasteiger partial charge in [-0.2, -0.15) is 0 Å². The predicted octanol–water partition coefficient (Wildman–Crippen LogP) is 9.26. The lowest BCUT2D eigenvalue weighted by Crippen LogP contribution is -2.28. The summed E-state index contributed by atoms with van der Waals surface area (Å²) in [5.41, 5.74) is 3.83. The summed E-state index contributed by atoms with van der Waals surface area (Å²) in [6, 6.07) is 14.6. The van der Waals surface area contributed by atoms with Crippen molar-refractivity contribution in [2.24, 2.45) is 4.99 Å². The van der Waals surface area contributed by atoms with Gasteiger partial charge in [0.05, 0.1) is 34.5 Å². The van der Waals surface area contributed by atoms with Gasteiger partial charge in [-0.1, -0.05) is 53.9 Å². The fourth-order valence-electron chi connectivity index (χ4n) is 3.69. The van der Waals surface area contributed by atoms with E-state index in [0.29, 0.717) is 66.8 Å². The molecule has 1 heterocycles. The molecule has 0 atom stereocenters. The van der Waals surface area contributed by atoms with Gasteiger partial charge in [-0.25, -0.2) is 4.99 Å². The number of carbonyl (C=O) groups is 1. The van der Waals surface area contributed by atoms with Crippen molar-refractivity contribution in [1.29, 1.82) is 0 Å². The van der Waals surface area contributed by atoms with Crippen molar-refractivity contribution in [1.82, 2.24) is 0 Å². The Balaban J connectivity index is 1.78. The number of carbonyl (C=O) groups excluding carboxylic acids is 1. The molecule has 1 aliphatic heterocycles. The SMILES string of the molecule is CCCOc1c(Cl)cc(/C=C2/SC(=Nc3ccc(C)c(Cl)c3)N(c3ccc(C)c(Cl)c3)C2=O)cc1OCC. The van der Waals surface area contributed by atoms with Crippen molar-refractivity contribution in [2.45, 2.75) is 34.1 Å². The van der Waals surface area contributed by atoms with Crippen LogP contribution in [0.1, 0.15) is 37.0 Å². The monoisotopic (exact) mass is 588 g/mol. The minimum absolute atomic E-state index is 0.229. The number of rotatable bonds is 8. The quantitative estimate of drug-likeness (QED) is 0.246. The zero-order valence-electron chi connectivity index (χ0n) is 21.5. The Kier molecular flexibility index (Phi) is 9.32. The molecule has 4 rings (SSSR count). The van der Waals surface area contributed by atoms with E-state index in [0.717, 1.165) is 17.5 Å². The topological polar surface area (TPSA) is 51.1 Å². The fourth-order valence-corrected chi connectivity index (χ4v) is 5.31. The normalized spacial score (nSPS) is 15.6. The number of aryl methyl sites for hydroxylation is 2. The number of amides is 1. The molecule has 9 heteroatoms. The first kappa shape index (κ1) is 28.4. The van der Waals surface area contributed by atoms with Gasteiger partial charge in [0.2, 0.25) is 0 Å². The molecule has 0 saturated carbocycles. The van der Waals surface area contributed by atoms with E-state index in [9.17, 15) is 4.79 Å². The molecule has 1 aliphatic rings. The molecule has 198 valence electrons. The molecule has 0 aliphatic carbocycles. The van der Waals surface area contributed by atoms with E-state index in [1.165, 1.54) is 11.8 Å². The third-order valence-corrected chi connectivity index (χ3v) is 7.74. The summed E-state index contributed by atoms with van der Waals surface area (Å²) in [4.78, 5) is 20.5. The van der Waals surface area contributed by atoms with Crippen LogP contribution in [0.25, 0.3) is 6.08 Å². The second-order valence-corrected chi connectivity index (χ2v) is 10.9. The predicted molar refractivity (Wildman–Crippen MR) is 161 cm³/mol. The third-order valence-electron chi connectivity index (χ3n) is 5.68. The molecule has 3 aromatic rings. The van der Waals surface area contributed by atoms with E-state index in [4.69, 9.17) is 49.3 Å². The average Bonchev–Trinajstić information content (AvgIpc) is 3.17. The molecule has 1 amide bonds. The first-order chi connectivity index (χ1) is 18.2. The standard InChI is InChI=1S/C29H27Cl3N2O3S/c1-5-11-37-27-24(32)12-19(13-25(27)36-6-2)14-26-28(35)34(21-10-8-18(4)23(31)16-21)29(38-26)33-20-9-7-17(3)22(30)15-20/h7-10,12-16H,5-6,11H2,1-4H3/b26-14+,33-29?. The Morgan fingerprint density at radius 1 is 0.921 bits per heavy atom. The zero-order chi connectivity index (χ0) is 27.4. The van der Waals surface area contributed by atoms with E-state index in [-0.39, 0.29) is 5.91 Å². The van der Waals surface area contributed by atoms with Crippen LogP contribution < -0.4 is 14.4 Å². The van der Waals surface area contributed by atoms with Gasteiger partial charge >= 0.3 is 0 Å². The van der Waals surface area contributed by atoms with Crippen LogP contribution in [0.2, 0.25) is 15.1 Å². The number of ether oxygens (including phenoxy) is 2. The number of benzene rings is 3. The maximum absolute atomic E-state index is 13.7. The van der Waals surface area contributed by atoms with Crippen molar-refractivity contribution in [3.8, 4) is 11.5 Å². The number of hydrogen-bond donors (Lipinski definition) is 0. The van der Waals surface area contributed by atoms with Crippen LogP contribution in [0.5, 0.6) is 11.5 Å². The van der Waals surface area contributed by atoms with Crippen LogP contribution in [0.15, 0.2) is 58.4 Å². The van der Waals surface area contributed by atoms with Gasteiger partial charge in [0.1, 0.15) is 0 Å². The Morgan fingerprint density at radius 2 is 1.63 bits per heavy atom. The first-order valence-electron chi connectivity index (χ1n) is 12.2. The lowest BCUT2D eigenvalue weighted by atomic mass is 10.1. The molecule has 1 saturated heterocycles. The maximum atomic E-state index is 13.7. The first-order valence-corrected chi connectivity index (χ1v) is 14.1. The molecule has 1 fully saturated rings. The zero-order valence-corrected chi connectivity index (χ0v) is 24.6. The van der Waals surface area contributed by atoms with Gasteiger partial charge < -0.3 is 9.47 Å². The number of hydrogen-bond acceptors (Lipinski definition) is 5. The van der Waals surface area contributed by atoms with Crippen LogP contribution in [0, 0.1) is 13.8 Å². The largest absolute Gasteiger partial charge is 0.490 e. The minimum Gasteiger partial charge on any atom is -0.490 e. The fraction of sp³-hybridized carbons (Fsp3) is 0.241. The highest BCUT2D eigenvalue weighted by atomic mass is 35.5. The molecule has 0 spiro atoms. The highest BCUT2D eigenvalue weighted by molar-refractivity contribution is 8.19. The highest BCUT2D eigenvalue weighted by Gasteiger charge is 2.35. The molecule has 0 radical (unpaired) electrons. The van der Waals surface area contributed by atoms with Gasteiger partial charge in [-0.05, 0) is 98.1 Å². The highest BCUT2D eigenvalue weighted by Crippen LogP contribution is 2.41. The van der Waals surface area contributed by atoms with Crippen molar-refractivity contribution >= 4 is 75.1 Å². The van der Waals surface area contributed by atoms with Crippen molar-refractivity contribution in [2.75, 3.05) is 18.1 Å². The summed E-state index contributed by atoms with van der Waals surface area (Å²) in [6.07, 6.45) is 2.62. The van der Waals surface area contributed by atoms with E-state index < -0.39 is 0 Å². The average molecular weight is 590 g/mol. The number of anilines is 1. The van der Waals surface area contributed by atoms with Gasteiger partial charge in [-0.3, -0.25) is 9.69 Å². The molecular formula is C29H27Cl3N2O3S. The molecular weight excluding hydrogens is 563 g/mol. The summed E-state index contributed by atoms with van der Waals surface area (Å²) in [6.45, 7) is 8.72. The minimum atomic E-state index is -0.229. The third kappa shape index (κ3) is 6.32. The number of aliphatic imine (C=N–C) groups is 1. The van der Waals surface area contributed by atoms with Gasteiger partial charge in [0, 0.05) is 10.0 Å². The van der Waals surface area contributed by atoms with Crippen LogP contribution >= 0.6 is 46.6 Å². The molecule has 3 aromatic carbocycles. The number of thioether (sulfide) groups is 1. The van der Waals surface area contributed by atoms with Crippen LogP contribution in [0.4, 0.5) is 11.4 Å². The summed E-state index contributed by atoms with van der Waals surface area (Å²) in [5, 5.41) is 2.06. The van der Waals surface area contributed by atoms with Gasteiger partial charge in [0.15, 0.2) is 16.7 Å². The lowest BCUT2D eigenvalue weighted by molar-refractivity contribution is -0.113. The molecule has 5 nitrogen and oxygen atoms in total. The van der Waals surface area contributed by atoms with Crippen molar-refractivity contribution < 1.29 is 14.3 Å². The Labute approximate surface area is 242 Å². The molecule has 0 N–H and O–H groups in total. The summed E-state index contributed by atoms with van der Waals surface area (Å²) < 4.78 is 11.6. The van der Waals surface area contributed by atoms with E-state index in [2.05, 4.69) is 0 Å². The smallest absolute Gasteiger partial charge is 0.271 e. The lowest BCUT2D eigenvalue weighted by Gasteiger charge is -2.17. The van der Waals surface area contributed by atoms with Gasteiger partial charge in [0.25, 0.3) is 5.91 Å². The van der Waals surface area contributed by atoms with Crippen molar-refractivity contribution in [3.63, 3.8) is 0 Å². The Hall–Kier alpha value is -2.64. The summed E-state index contributed by atoms with van der Waals surface area (Å²) >= 11 is 20.6. The second-order valence-electron chi connectivity index (χ2n) is 8.62. The number of amidine groups is 1. The van der Waals surface area contributed by atoms with E-state index in [1.54, 1.807) is 29.2 Å². The van der Waals surface area contributed by atoms with Crippen LogP contribution in [-0.2, 0) is 4.79 Å².